The first-order chi connectivity index (χ1) is 14.3. The predicted molar refractivity (Wildman–Crippen MR) is 111 cm³/mol. The minimum absolute atomic E-state index is 0.0410. The fourth-order valence-electron chi connectivity index (χ4n) is 2.52. The molecule has 2 N–H and O–H groups in total. The molecule has 0 bridgehead atoms. The number of nitrogens with one attached hydrogen (secondary N) is 1. The van der Waals surface area contributed by atoms with Crippen LogP contribution in [0.25, 0.3) is 0 Å². The minimum atomic E-state index is -1.08. The van der Waals surface area contributed by atoms with Crippen molar-refractivity contribution in [3.63, 3.8) is 0 Å². The van der Waals surface area contributed by atoms with Gasteiger partial charge in [-0.2, -0.15) is 0 Å². The van der Waals surface area contributed by atoms with Gasteiger partial charge in [-0.1, -0.05) is 23.2 Å². The molecule has 0 aliphatic heterocycles. The largest absolute Gasteiger partial charge is 0.494 e. The summed E-state index contributed by atoms with van der Waals surface area (Å²) in [4.78, 5) is 23.7. The van der Waals surface area contributed by atoms with Gasteiger partial charge in [0, 0.05) is 17.8 Å². The molecule has 3 aromatic carbocycles. The number of carbonyl (C=O) groups excluding carboxylic acids is 1. The molecule has 0 saturated carbocycles. The molecule has 3 aromatic rings. The highest BCUT2D eigenvalue weighted by molar-refractivity contribution is 6.42. The van der Waals surface area contributed by atoms with Crippen molar-refractivity contribution >= 4 is 40.8 Å². The second-order valence-corrected chi connectivity index (χ2v) is 6.81. The van der Waals surface area contributed by atoms with E-state index in [1.165, 1.54) is 55.6 Å². The van der Waals surface area contributed by atoms with E-state index in [0.717, 1.165) is 6.07 Å². The van der Waals surface area contributed by atoms with Crippen LogP contribution in [0.15, 0.2) is 54.6 Å². The zero-order valence-electron chi connectivity index (χ0n) is 15.4. The molecule has 0 atom stereocenters. The second kappa shape index (κ2) is 9.02. The molecule has 0 aliphatic carbocycles. The van der Waals surface area contributed by atoms with E-state index in [1.54, 1.807) is 0 Å². The van der Waals surface area contributed by atoms with E-state index >= 15 is 0 Å². The molecule has 0 fully saturated rings. The summed E-state index contributed by atoms with van der Waals surface area (Å²) < 4.78 is 24.5. The zero-order valence-corrected chi connectivity index (χ0v) is 16.9. The highest BCUT2D eigenvalue weighted by Gasteiger charge is 2.18. The summed E-state index contributed by atoms with van der Waals surface area (Å²) in [6, 6.07) is 12.2. The molecule has 1 amide bonds. The van der Waals surface area contributed by atoms with E-state index in [-0.39, 0.29) is 38.4 Å². The lowest BCUT2D eigenvalue weighted by atomic mass is 10.1. The summed E-state index contributed by atoms with van der Waals surface area (Å²) in [7, 11) is 1.34. The van der Waals surface area contributed by atoms with Gasteiger partial charge in [0.1, 0.15) is 11.5 Å². The maximum atomic E-state index is 14.0. The summed E-state index contributed by atoms with van der Waals surface area (Å²) in [5.41, 5.74) is 0.480. The van der Waals surface area contributed by atoms with E-state index in [4.69, 9.17) is 37.8 Å². The molecule has 0 aliphatic rings. The van der Waals surface area contributed by atoms with Gasteiger partial charge in [0.2, 0.25) is 0 Å². The number of carboxylic acids is 1. The van der Waals surface area contributed by atoms with Gasteiger partial charge >= 0.3 is 5.97 Å². The van der Waals surface area contributed by atoms with Crippen molar-refractivity contribution in [1.82, 2.24) is 0 Å². The number of benzene rings is 3. The number of halogens is 3. The SMILES string of the molecule is COc1ccc(Oc2cc(Cl)c(Cl)cc2C(=O)Nc2ccc(C(=O)O)cc2)cc1F. The third kappa shape index (κ3) is 4.82. The molecule has 0 aromatic heterocycles. The number of rotatable bonds is 6. The number of hydrogen-bond donors (Lipinski definition) is 2. The molecule has 154 valence electrons. The second-order valence-electron chi connectivity index (χ2n) is 6.00. The molecule has 0 spiro atoms. The molecule has 0 heterocycles. The number of methoxy groups -OCH3 is 1. The van der Waals surface area contributed by atoms with Crippen LogP contribution >= 0.6 is 23.2 Å². The summed E-state index contributed by atoms with van der Waals surface area (Å²) in [5, 5.41) is 11.8. The molecule has 0 unspecified atom stereocenters. The summed E-state index contributed by atoms with van der Waals surface area (Å²) in [6.07, 6.45) is 0. The van der Waals surface area contributed by atoms with Crippen molar-refractivity contribution in [3.8, 4) is 17.2 Å². The van der Waals surface area contributed by atoms with Crippen LogP contribution in [0.4, 0.5) is 10.1 Å². The van der Waals surface area contributed by atoms with Gasteiger partial charge in [-0.15, -0.1) is 0 Å². The van der Waals surface area contributed by atoms with Crippen LogP contribution in [0.3, 0.4) is 0 Å². The smallest absolute Gasteiger partial charge is 0.335 e. The Morgan fingerprint density at radius 2 is 1.63 bits per heavy atom. The molecule has 30 heavy (non-hydrogen) atoms. The lowest BCUT2D eigenvalue weighted by molar-refractivity contribution is 0.0696. The average Bonchev–Trinajstić information content (AvgIpc) is 2.71. The standard InChI is InChI=1S/C21H14Cl2FNO5/c1-29-18-7-6-13(8-17(18)24)30-19-10-16(23)15(22)9-14(19)20(26)25-12-4-2-11(3-5-12)21(27)28/h2-10H,1H3,(H,25,26)(H,27,28). The van der Waals surface area contributed by atoms with Gasteiger partial charge in [0.05, 0.1) is 28.3 Å². The van der Waals surface area contributed by atoms with Crippen LogP contribution in [-0.2, 0) is 0 Å². The number of carbonyl (C=O) groups is 2. The Morgan fingerprint density at radius 1 is 0.967 bits per heavy atom. The highest BCUT2D eigenvalue weighted by atomic mass is 35.5. The first kappa shape index (κ1) is 21.4. The Balaban J connectivity index is 1.90. The van der Waals surface area contributed by atoms with Gasteiger partial charge in [0.25, 0.3) is 5.91 Å². The quantitative estimate of drug-likeness (QED) is 0.490. The molecular formula is C21H14Cl2FNO5. The fourth-order valence-corrected chi connectivity index (χ4v) is 2.84. The van der Waals surface area contributed by atoms with Gasteiger partial charge < -0.3 is 19.9 Å². The van der Waals surface area contributed by atoms with E-state index in [2.05, 4.69) is 5.32 Å². The lowest BCUT2D eigenvalue weighted by Gasteiger charge is -2.14. The normalized spacial score (nSPS) is 10.4. The maximum Gasteiger partial charge on any atom is 0.335 e. The summed E-state index contributed by atoms with van der Waals surface area (Å²) in [6.45, 7) is 0. The van der Waals surface area contributed by atoms with Gasteiger partial charge in [-0.3, -0.25) is 4.79 Å². The molecule has 0 radical (unpaired) electrons. The number of aromatic carboxylic acids is 1. The van der Waals surface area contributed by atoms with Crippen LogP contribution in [0.2, 0.25) is 10.0 Å². The maximum absolute atomic E-state index is 14.0. The Morgan fingerprint density at radius 3 is 2.23 bits per heavy atom. The van der Waals surface area contributed by atoms with E-state index in [0.29, 0.717) is 5.69 Å². The van der Waals surface area contributed by atoms with Crippen LogP contribution in [0.5, 0.6) is 17.2 Å². The number of amides is 1. The number of carboxylic acid groups (broad SMARTS) is 1. The van der Waals surface area contributed by atoms with E-state index < -0.39 is 17.7 Å². The zero-order chi connectivity index (χ0) is 21.8. The van der Waals surface area contributed by atoms with Crippen LogP contribution in [0.1, 0.15) is 20.7 Å². The average molecular weight is 450 g/mol. The van der Waals surface area contributed by atoms with Crippen LogP contribution in [-0.4, -0.2) is 24.1 Å². The van der Waals surface area contributed by atoms with Gasteiger partial charge in [-0.25, -0.2) is 9.18 Å². The first-order valence-corrected chi connectivity index (χ1v) is 9.19. The Kier molecular flexibility index (Phi) is 6.44. The Hall–Kier alpha value is -3.29. The number of hydrogen-bond acceptors (Lipinski definition) is 4. The van der Waals surface area contributed by atoms with Crippen molar-refractivity contribution in [2.45, 2.75) is 0 Å². The molecule has 3 rings (SSSR count). The summed E-state index contributed by atoms with van der Waals surface area (Å²) >= 11 is 12.1. The molecular weight excluding hydrogens is 436 g/mol. The fraction of sp³-hybridized carbons (Fsp3) is 0.0476. The van der Waals surface area contributed by atoms with Crippen LogP contribution in [0, 0.1) is 5.82 Å². The third-order valence-corrected chi connectivity index (χ3v) is 4.73. The first-order valence-electron chi connectivity index (χ1n) is 8.43. The van der Waals surface area contributed by atoms with Crippen molar-refractivity contribution < 1.29 is 28.6 Å². The Bertz CT molecular complexity index is 1120. The van der Waals surface area contributed by atoms with Crippen molar-refractivity contribution in [3.05, 3.63) is 81.6 Å². The lowest BCUT2D eigenvalue weighted by Crippen LogP contribution is -2.13. The van der Waals surface area contributed by atoms with Gasteiger partial charge in [0.15, 0.2) is 11.6 Å². The van der Waals surface area contributed by atoms with Crippen molar-refractivity contribution in [2.75, 3.05) is 12.4 Å². The number of ether oxygens (including phenoxy) is 2. The minimum Gasteiger partial charge on any atom is -0.494 e. The van der Waals surface area contributed by atoms with E-state index in [1.807, 2.05) is 0 Å². The molecule has 6 nitrogen and oxygen atoms in total. The highest BCUT2D eigenvalue weighted by Crippen LogP contribution is 2.35. The van der Waals surface area contributed by atoms with E-state index in [9.17, 15) is 14.0 Å². The third-order valence-electron chi connectivity index (χ3n) is 4.01. The number of anilines is 1. The van der Waals surface area contributed by atoms with Crippen molar-refractivity contribution in [2.24, 2.45) is 0 Å². The molecule has 9 heteroatoms. The molecule has 0 saturated heterocycles. The summed E-state index contributed by atoms with van der Waals surface area (Å²) in [5.74, 6) is -2.10. The van der Waals surface area contributed by atoms with Crippen LogP contribution < -0.4 is 14.8 Å². The Labute approximate surface area is 180 Å². The topological polar surface area (TPSA) is 84.9 Å². The predicted octanol–water partition coefficient (Wildman–Crippen LogP) is 5.88. The van der Waals surface area contributed by atoms with Crippen molar-refractivity contribution in [1.29, 1.82) is 0 Å². The van der Waals surface area contributed by atoms with Gasteiger partial charge in [-0.05, 0) is 42.5 Å². The monoisotopic (exact) mass is 449 g/mol.